The summed E-state index contributed by atoms with van der Waals surface area (Å²) in [6, 6.07) is 8.53. The first-order chi connectivity index (χ1) is 16.1. The van der Waals surface area contributed by atoms with E-state index in [0.717, 1.165) is 7.11 Å². The van der Waals surface area contributed by atoms with Gasteiger partial charge in [-0.15, -0.1) is 0 Å². The van der Waals surface area contributed by atoms with Gasteiger partial charge < -0.3 is 9.47 Å². The number of aryl methyl sites for hydroxylation is 2. The number of carbonyl (C=O) groups is 2. The van der Waals surface area contributed by atoms with Gasteiger partial charge in [0.2, 0.25) is 0 Å². The summed E-state index contributed by atoms with van der Waals surface area (Å²) in [5.41, 5.74) is 0.478. The molecule has 0 aromatic heterocycles. The minimum absolute atomic E-state index is 0.0568. The van der Waals surface area contributed by atoms with E-state index in [2.05, 4.69) is 0 Å². The molecule has 4 rings (SSSR count). The lowest BCUT2D eigenvalue weighted by Gasteiger charge is -2.17. The highest BCUT2D eigenvalue weighted by atomic mass is 16.6. The number of hydrogen-bond donors (Lipinski definition) is 0. The average Bonchev–Trinajstić information content (AvgIpc) is 2.81. The van der Waals surface area contributed by atoms with Crippen molar-refractivity contribution in [2.75, 3.05) is 14.2 Å². The second-order valence-corrected chi connectivity index (χ2v) is 7.73. The molecule has 0 aliphatic carbocycles. The first kappa shape index (κ1) is 22.6. The van der Waals surface area contributed by atoms with Crippen LogP contribution in [0.15, 0.2) is 36.4 Å². The smallest absolute Gasteiger partial charge is 0.338 e. The molecule has 10 nitrogen and oxygen atoms in total. The molecular weight excluding hydrogens is 444 g/mol. The first-order valence-electron chi connectivity index (χ1n) is 10.0. The zero-order valence-electron chi connectivity index (χ0n) is 18.6. The molecule has 0 aliphatic heterocycles. The van der Waals surface area contributed by atoms with Crippen LogP contribution in [0.4, 0.5) is 11.4 Å². The third-order valence-corrected chi connectivity index (χ3v) is 5.98. The van der Waals surface area contributed by atoms with Crippen molar-refractivity contribution in [3.8, 4) is 0 Å². The van der Waals surface area contributed by atoms with Gasteiger partial charge in [-0.25, -0.2) is 9.59 Å². The van der Waals surface area contributed by atoms with Crippen molar-refractivity contribution in [2.24, 2.45) is 0 Å². The molecule has 0 amide bonds. The largest absolute Gasteiger partial charge is 0.465 e. The Balaban J connectivity index is 2.44. The number of esters is 2. The highest BCUT2D eigenvalue weighted by molar-refractivity contribution is 6.29. The number of fused-ring (bicyclic) bond motifs is 5. The summed E-state index contributed by atoms with van der Waals surface area (Å²) in [5.74, 6) is -1.47. The van der Waals surface area contributed by atoms with Gasteiger partial charge in [-0.05, 0) is 53.8 Å². The van der Waals surface area contributed by atoms with Crippen LogP contribution in [0.1, 0.15) is 31.8 Å². The highest BCUT2D eigenvalue weighted by Crippen LogP contribution is 2.43. The van der Waals surface area contributed by atoms with Crippen LogP contribution in [-0.2, 0) is 9.47 Å². The van der Waals surface area contributed by atoms with Gasteiger partial charge in [-0.2, -0.15) is 0 Å². The molecule has 0 saturated carbocycles. The highest BCUT2D eigenvalue weighted by Gasteiger charge is 2.27. The summed E-state index contributed by atoms with van der Waals surface area (Å²) < 4.78 is 9.80. The maximum Gasteiger partial charge on any atom is 0.338 e. The Morgan fingerprint density at radius 1 is 0.735 bits per heavy atom. The Morgan fingerprint density at radius 2 is 1.29 bits per heavy atom. The van der Waals surface area contributed by atoms with Gasteiger partial charge in [0.25, 0.3) is 11.4 Å². The molecule has 10 heteroatoms. The van der Waals surface area contributed by atoms with Crippen LogP contribution in [0.3, 0.4) is 0 Å². The molecule has 0 N–H and O–H groups in total. The van der Waals surface area contributed by atoms with Crippen LogP contribution in [0, 0.1) is 34.1 Å². The van der Waals surface area contributed by atoms with Crippen LogP contribution in [0.5, 0.6) is 0 Å². The second-order valence-electron chi connectivity index (χ2n) is 7.73. The summed E-state index contributed by atoms with van der Waals surface area (Å²) in [5, 5.41) is 25.6. The number of rotatable bonds is 4. The summed E-state index contributed by atoms with van der Waals surface area (Å²) in [6.07, 6.45) is 0. The van der Waals surface area contributed by atoms with E-state index < -0.39 is 21.8 Å². The predicted molar refractivity (Wildman–Crippen MR) is 124 cm³/mol. The molecule has 0 aliphatic rings. The Labute approximate surface area is 192 Å². The zero-order valence-corrected chi connectivity index (χ0v) is 18.6. The third kappa shape index (κ3) is 3.19. The monoisotopic (exact) mass is 462 g/mol. The lowest BCUT2D eigenvalue weighted by Crippen LogP contribution is -2.07. The number of methoxy groups -OCH3 is 2. The number of nitrogens with zero attached hydrogens (tertiary/aromatic N) is 2. The van der Waals surface area contributed by atoms with Crippen molar-refractivity contribution in [3.63, 3.8) is 0 Å². The Morgan fingerprint density at radius 3 is 1.88 bits per heavy atom. The van der Waals surface area contributed by atoms with Crippen molar-refractivity contribution in [1.82, 2.24) is 0 Å². The summed E-state index contributed by atoms with van der Waals surface area (Å²) in [6.45, 7) is 3.27. The molecule has 0 atom stereocenters. The van der Waals surface area contributed by atoms with E-state index in [4.69, 9.17) is 9.47 Å². The third-order valence-electron chi connectivity index (χ3n) is 5.98. The number of nitro groups is 2. The number of ether oxygens (including phenoxy) is 2. The molecule has 0 spiro atoms. The second kappa shape index (κ2) is 8.07. The lowest BCUT2D eigenvalue weighted by molar-refractivity contribution is -0.385. The van der Waals surface area contributed by atoms with Gasteiger partial charge in [-0.1, -0.05) is 6.07 Å². The molecule has 34 heavy (non-hydrogen) atoms. The van der Waals surface area contributed by atoms with Gasteiger partial charge in [-0.3, -0.25) is 20.2 Å². The molecule has 0 heterocycles. The summed E-state index contributed by atoms with van der Waals surface area (Å²) >= 11 is 0. The first-order valence-corrected chi connectivity index (χ1v) is 10.0. The van der Waals surface area contributed by atoms with Crippen LogP contribution >= 0.6 is 0 Å². The average molecular weight is 462 g/mol. The number of non-ortho nitro benzene ring substituents is 1. The van der Waals surface area contributed by atoms with Crippen molar-refractivity contribution in [1.29, 1.82) is 0 Å². The molecule has 0 bridgehead atoms. The van der Waals surface area contributed by atoms with Crippen LogP contribution in [0.25, 0.3) is 32.3 Å². The molecule has 0 fully saturated rings. The normalized spacial score (nSPS) is 11.1. The molecule has 4 aromatic rings. The van der Waals surface area contributed by atoms with Gasteiger partial charge in [0, 0.05) is 28.5 Å². The van der Waals surface area contributed by atoms with Crippen molar-refractivity contribution >= 4 is 55.6 Å². The fourth-order valence-corrected chi connectivity index (χ4v) is 4.50. The Hall–Kier alpha value is -4.60. The van der Waals surface area contributed by atoms with Gasteiger partial charge in [0.1, 0.15) is 0 Å². The number of carbonyl (C=O) groups excluding carboxylic acids is 2. The summed E-state index contributed by atoms with van der Waals surface area (Å²) in [4.78, 5) is 47.7. The molecule has 0 radical (unpaired) electrons. The quantitative estimate of drug-likeness (QED) is 0.175. The van der Waals surface area contributed by atoms with Crippen molar-refractivity contribution in [3.05, 3.63) is 78.9 Å². The van der Waals surface area contributed by atoms with E-state index in [1.165, 1.54) is 37.4 Å². The number of benzene rings is 4. The predicted octanol–water partition coefficient (Wildman–Crippen LogP) is 5.15. The topological polar surface area (TPSA) is 139 Å². The van der Waals surface area contributed by atoms with E-state index in [-0.39, 0.29) is 33.5 Å². The van der Waals surface area contributed by atoms with Gasteiger partial charge >= 0.3 is 11.9 Å². The SMILES string of the molecule is COC(=O)c1cc2cc(C(=O)OC)c3c([N+](=O)[O-])ccc(C)c3c2c2c(C)c([N+](=O)[O-])ccc12. The minimum atomic E-state index is -0.795. The zero-order chi connectivity index (χ0) is 24.9. The standard InChI is InChI=1S/C24H18N2O8/c1-11-5-7-18(26(31)32)22-16(24(28)34-4)10-13-9-15(23(27)33-3)14-6-8-17(25(29)30)12(2)20(14)21(13)19(11)22/h5-10H,1-4H3. The van der Waals surface area contributed by atoms with Gasteiger partial charge in [0.05, 0.1) is 40.6 Å². The molecule has 0 unspecified atom stereocenters. The van der Waals surface area contributed by atoms with Crippen molar-refractivity contribution < 1.29 is 28.9 Å². The molecular formula is C24H18N2O8. The molecule has 0 saturated heterocycles. The molecule has 4 aromatic carbocycles. The van der Waals surface area contributed by atoms with E-state index >= 15 is 0 Å². The van der Waals surface area contributed by atoms with E-state index in [1.807, 2.05) is 0 Å². The van der Waals surface area contributed by atoms with Gasteiger partial charge in [0.15, 0.2) is 0 Å². The fourth-order valence-electron chi connectivity index (χ4n) is 4.50. The maximum absolute atomic E-state index is 12.7. The van der Waals surface area contributed by atoms with Crippen LogP contribution < -0.4 is 0 Å². The minimum Gasteiger partial charge on any atom is -0.465 e. The lowest BCUT2D eigenvalue weighted by atomic mass is 9.86. The van der Waals surface area contributed by atoms with Crippen molar-refractivity contribution in [2.45, 2.75) is 13.8 Å². The maximum atomic E-state index is 12.7. The van der Waals surface area contributed by atoms with Crippen LogP contribution in [0.2, 0.25) is 0 Å². The number of hydrogen-bond acceptors (Lipinski definition) is 8. The van der Waals surface area contributed by atoms with Crippen LogP contribution in [-0.4, -0.2) is 36.0 Å². The van der Waals surface area contributed by atoms with E-state index in [0.29, 0.717) is 32.5 Å². The number of nitro benzene ring substituents is 2. The Bertz CT molecular complexity index is 1580. The fraction of sp³-hybridized carbons (Fsp3) is 0.167. The van der Waals surface area contributed by atoms with E-state index in [1.54, 1.807) is 19.9 Å². The molecule has 172 valence electrons. The summed E-state index contributed by atoms with van der Waals surface area (Å²) in [7, 11) is 2.37. The van der Waals surface area contributed by atoms with E-state index in [9.17, 15) is 29.8 Å². The Kier molecular flexibility index (Phi) is 5.36.